The molecule has 0 aliphatic heterocycles. The smallest absolute Gasteiger partial charge is 0.416 e. The van der Waals surface area contributed by atoms with E-state index in [-0.39, 0.29) is 11.5 Å². The monoisotopic (exact) mass is 332 g/mol. The molecule has 2 nitrogen and oxygen atoms in total. The number of carbonyl (C=O) groups is 1. The topological polar surface area (TPSA) is 26.3 Å². The van der Waals surface area contributed by atoms with Crippen molar-refractivity contribution in [2.75, 3.05) is 0 Å². The fourth-order valence-corrected chi connectivity index (χ4v) is 1.94. The highest BCUT2D eigenvalue weighted by Crippen LogP contribution is 2.38. The molecule has 2 aromatic rings. The third-order valence-electron chi connectivity index (χ3n) is 2.81. The molecule has 0 N–H and O–H groups in total. The van der Waals surface area contributed by atoms with Crippen LogP contribution < -0.4 is 4.74 Å². The molecule has 0 aliphatic rings. The van der Waals surface area contributed by atoms with E-state index in [0.717, 1.165) is 0 Å². The van der Waals surface area contributed by atoms with Crippen LogP contribution in [0.3, 0.4) is 0 Å². The number of hydrogen-bond donors (Lipinski definition) is 0. The number of halogens is 5. The van der Waals surface area contributed by atoms with Gasteiger partial charge in [-0.05, 0) is 43.3 Å². The molecule has 0 saturated heterocycles. The van der Waals surface area contributed by atoms with Crippen LogP contribution in [0.15, 0.2) is 36.4 Å². The second-order valence-electron chi connectivity index (χ2n) is 4.45. The first-order valence-corrected chi connectivity index (χ1v) is 6.41. The Morgan fingerprint density at radius 2 is 1.73 bits per heavy atom. The molecule has 7 heteroatoms. The lowest BCUT2D eigenvalue weighted by Crippen LogP contribution is -2.06. The third-order valence-corrected chi connectivity index (χ3v) is 3.09. The van der Waals surface area contributed by atoms with Gasteiger partial charge in [0.1, 0.15) is 5.75 Å². The van der Waals surface area contributed by atoms with Gasteiger partial charge < -0.3 is 4.74 Å². The zero-order valence-electron chi connectivity index (χ0n) is 11.2. The molecule has 0 bridgehead atoms. The van der Waals surface area contributed by atoms with Gasteiger partial charge in [-0.2, -0.15) is 13.2 Å². The fourth-order valence-electron chi connectivity index (χ4n) is 1.70. The highest BCUT2D eigenvalue weighted by atomic mass is 35.5. The lowest BCUT2D eigenvalue weighted by molar-refractivity contribution is -0.137. The van der Waals surface area contributed by atoms with Crippen LogP contribution in [0.4, 0.5) is 17.6 Å². The van der Waals surface area contributed by atoms with Gasteiger partial charge in [-0.25, -0.2) is 4.39 Å². The van der Waals surface area contributed by atoms with Crippen LogP contribution in [0.1, 0.15) is 22.8 Å². The second-order valence-corrected chi connectivity index (χ2v) is 4.86. The van der Waals surface area contributed by atoms with Gasteiger partial charge in [-0.1, -0.05) is 11.6 Å². The van der Waals surface area contributed by atoms with Gasteiger partial charge in [-0.15, -0.1) is 0 Å². The molecule has 0 fully saturated rings. The summed E-state index contributed by atoms with van der Waals surface area (Å²) < 4.78 is 56.5. The Morgan fingerprint density at radius 3 is 2.18 bits per heavy atom. The summed E-state index contributed by atoms with van der Waals surface area (Å²) in [5.41, 5.74) is -0.777. The Morgan fingerprint density at radius 1 is 1.14 bits per heavy atom. The van der Waals surface area contributed by atoms with Crippen molar-refractivity contribution in [1.82, 2.24) is 0 Å². The van der Waals surface area contributed by atoms with Gasteiger partial charge in [0.15, 0.2) is 17.3 Å². The van der Waals surface area contributed by atoms with E-state index in [4.69, 9.17) is 16.3 Å². The summed E-state index contributed by atoms with van der Waals surface area (Å²) in [5.74, 6) is -1.75. The van der Waals surface area contributed by atoms with Crippen LogP contribution in [-0.4, -0.2) is 5.78 Å². The molecule has 0 unspecified atom stereocenters. The van der Waals surface area contributed by atoms with E-state index >= 15 is 0 Å². The number of benzene rings is 2. The average Bonchev–Trinajstić information content (AvgIpc) is 2.42. The van der Waals surface area contributed by atoms with E-state index in [1.165, 1.54) is 31.2 Å². The van der Waals surface area contributed by atoms with Crippen molar-refractivity contribution in [3.05, 3.63) is 58.4 Å². The van der Waals surface area contributed by atoms with Crippen LogP contribution in [-0.2, 0) is 6.18 Å². The summed E-state index contributed by atoms with van der Waals surface area (Å²) in [5, 5.41) is -0.497. The Bertz CT molecular complexity index is 685. The van der Waals surface area contributed by atoms with Crippen LogP contribution in [0, 0.1) is 5.82 Å². The molecular weight excluding hydrogens is 324 g/mol. The molecule has 2 aromatic carbocycles. The summed E-state index contributed by atoms with van der Waals surface area (Å²) in [7, 11) is 0. The van der Waals surface area contributed by atoms with Crippen molar-refractivity contribution in [3.8, 4) is 11.5 Å². The summed E-state index contributed by atoms with van der Waals surface area (Å²) in [6.07, 6.45) is -4.70. The number of ketones is 1. The van der Waals surface area contributed by atoms with Gasteiger partial charge in [0.05, 0.1) is 10.6 Å². The molecule has 0 aliphatic carbocycles. The highest BCUT2D eigenvalue weighted by molar-refractivity contribution is 6.32. The first kappa shape index (κ1) is 16.3. The van der Waals surface area contributed by atoms with Crippen LogP contribution >= 0.6 is 11.6 Å². The summed E-state index contributed by atoms with van der Waals surface area (Å²) in [6, 6.07) is 6.59. The lowest BCUT2D eigenvalue weighted by Gasteiger charge is -2.12. The van der Waals surface area contributed by atoms with Gasteiger partial charge in [0, 0.05) is 5.56 Å². The third kappa shape index (κ3) is 3.57. The zero-order chi connectivity index (χ0) is 16.5. The molecule has 0 aromatic heterocycles. The SMILES string of the molecule is CC(=O)c1ccc(Oc2c(F)cc(C(F)(F)F)cc2Cl)cc1. The lowest BCUT2D eigenvalue weighted by atomic mass is 10.1. The minimum Gasteiger partial charge on any atom is -0.453 e. The summed E-state index contributed by atoms with van der Waals surface area (Å²) in [6.45, 7) is 1.38. The normalized spacial score (nSPS) is 11.4. The second kappa shape index (κ2) is 5.96. The van der Waals surface area contributed by atoms with Crippen molar-refractivity contribution in [3.63, 3.8) is 0 Å². The summed E-state index contributed by atoms with van der Waals surface area (Å²) in [4.78, 5) is 11.1. The zero-order valence-corrected chi connectivity index (χ0v) is 11.9. The molecule has 22 heavy (non-hydrogen) atoms. The van der Waals surface area contributed by atoms with Crippen molar-refractivity contribution < 1.29 is 27.1 Å². The van der Waals surface area contributed by atoms with E-state index in [9.17, 15) is 22.4 Å². The van der Waals surface area contributed by atoms with E-state index < -0.39 is 28.3 Å². The standard InChI is InChI=1S/C15H9ClF4O2/c1-8(21)9-2-4-11(5-3-9)22-14-12(16)6-10(7-13(14)17)15(18,19)20/h2-7H,1H3. The molecule has 2 rings (SSSR count). The van der Waals surface area contributed by atoms with E-state index in [1.807, 2.05) is 0 Å². The Balaban J connectivity index is 2.32. The predicted octanol–water partition coefficient (Wildman–Crippen LogP) is 5.49. The van der Waals surface area contributed by atoms with Gasteiger partial charge >= 0.3 is 6.18 Å². The quantitative estimate of drug-likeness (QED) is 0.548. The molecule has 116 valence electrons. The maximum absolute atomic E-state index is 13.8. The number of alkyl halides is 3. The van der Waals surface area contributed by atoms with Crippen LogP contribution in [0.5, 0.6) is 11.5 Å². The van der Waals surface area contributed by atoms with E-state index in [0.29, 0.717) is 17.7 Å². The van der Waals surface area contributed by atoms with E-state index in [1.54, 1.807) is 0 Å². The van der Waals surface area contributed by atoms with Gasteiger partial charge in [0.2, 0.25) is 0 Å². The summed E-state index contributed by atoms with van der Waals surface area (Å²) >= 11 is 5.65. The number of rotatable bonds is 3. The van der Waals surface area contributed by atoms with Crippen molar-refractivity contribution in [1.29, 1.82) is 0 Å². The van der Waals surface area contributed by atoms with Gasteiger partial charge in [0.25, 0.3) is 0 Å². The maximum Gasteiger partial charge on any atom is 0.416 e. The van der Waals surface area contributed by atoms with Crippen molar-refractivity contribution in [2.24, 2.45) is 0 Å². The number of hydrogen-bond acceptors (Lipinski definition) is 2. The first-order chi connectivity index (χ1) is 10.2. The Labute approximate surface area is 128 Å². The Kier molecular flexibility index (Phi) is 4.42. The first-order valence-electron chi connectivity index (χ1n) is 6.03. The van der Waals surface area contributed by atoms with Crippen LogP contribution in [0.2, 0.25) is 5.02 Å². The molecule has 0 saturated carbocycles. The van der Waals surface area contributed by atoms with E-state index in [2.05, 4.69) is 0 Å². The largest absolute Gasteiger partial charge is 0.453 e. The van der Waals surface area contributed by atoms with Crippen molar-refractivity contribution >= 4 is 17.4 Å². The fraction of sp³-hybridized carbons (Fsp3) is 0.133. The van der Waals surface area contributed by atoms with Crippen LogP contribution in [0.25, 0.3) is 0 Å². The predicted molar refractivity (Wildman–Crippen MR) is 72.9 cm³/mol. The molecule has 0 spiro atoms. The molecule has 0 amide bonds. The highest BCUT2D eigenvalue weighted by Gasteiger charge is 2.32. The Hall–Kier alpha value is -2.08. The number of ether oxygens (including phenoxy) is 1. The average molecular weight is 333 g/mol. The van der Waals surface area contributed by atoms with Gasteiger partial charge in [-0.3, -0.25) is 4.79 Å². The molecule has 0 atom stereocenters. The number of carbonyl (C=O) groups excluding carboxylic acids is 1. The number of Topliss-reactive ketones (excluding diaryl/α,β-unsaturated/α-hetero) is 1. The van der Waals surface area contributed by atoms with Crippen molar-refractivity contribution in [2.45, 2.75) is 13.1 Å². The molecular formula is C15H9ClF4O2. The molecule has 0 radical (unpaired) electrons. The maximum atomic E-state index is 13.8. The minimum absolute atomic E-state index is 0.144. The molecule has 0 heterocycles. The minimum atomic E-state index is -4.70.